The molecular formula is C21H24N2O3S2. The molecule has 0 saturated carbocycles. The van der Waals surface area contributed by atoms with E-state index < -0.39 is 10.0 Å². The van der Waals surface area contributed by atoms with Crippen LogP contribution in [0.2, 0.25) is 0 Å². The highest BCUT2D eigenvalue weighted by Gasteiger charge is 2.15. The van der Waals surface area contributed by atoms with E-state index in [1.165, 1.54) is 36.1 Å². The summed E-state index contributed by atoms with van der Waals surface area (Å²) in [7, 11) is -2.29. The Balaban J connectivity index is 2.10. The Kier molecular flexibility index (Phi) is 6.36. The summed E-state index contributed by atoms with van der Waals surface area (Å²) < 4.78 is 37.7. The molecule has 0 fully saturated rings. The van der Waals surface area contributed by atoms with Crippen molar-refractivity contribution in [3.63, 3.8) is 0 Å². The number of thiazole rings is 1. The van der Waals surface area contributed by atoms with E-state index >= 15 is 0 Å². The number of sulfonamides is 1. The third kappa shape index (κ3) is 4.36. The fourth-order valence-corrected chi connectivity index (χ4v) is 5.24. The van der Waals surface area contributed by atoms with Crippen molar-refractivity contribution in [2.24, 2.45) is 4.40 Å². The summed E-state index contributed by atoms with van der Waals surface area (Å²) in [5, 5.41) is 0. The SMILES string of the molecule is C=CCn1/c(=N/S(=O)(=O)c2ccc(OC)cc2)sc2cc(CCCC)ccc21. The van der Waals surface area contributed by atoms with Crippen molar-refractivity contribution in [3.05, 3.63) is 65.5 Å². The summed E-state index contributed by atoms with van der Waals surface area (Å²) in [6, 6.07) is 12.5. The van der Waals surface area contributed by atoms with Crippen molar-refractivity contribution in [1.29, 1.82) is 0 Å². The monoisotopic (exact) mass is 416 g/mol. The molecule has 0 aliphatic carbocycles. The fourth-order valence-electron chi connectivity index (χ4n) is 2.93. The van der Waals surface area contributed by atoms with Gasteiger partial charge in [-0.05, 0) is 54.8 Å². The van der Waals surface area contributed by atoms with Crippen molar-refractivity contribution in [1.82, 2.24) is 4.57 Å². The maximum Gasteiger partial charge on any atom is 0.285 e. The average molecular weight is 417 g/mol. The second-order valence-corrected chi connectivity index (χ2v) is 9.04. The Labute approximate surface area is 169 Å². The van der Waals surface area contributed by atoms with Gasteiger partial charge in [0.25, 0.3) is 10.0 Å². The molecule has 5 nitrogen and oxygen atoms in total. The summed E-state index contributed by atoms with van der Waals surface area (Å²) in [5.74, 6) is 0.599. The molecule has 0 N–H and O–H groups in total. The number of methoxy groups -OCH3 is 1. The maximum atomic E-state index is 12.8. The lowest BCUT2D eigenvalue weighted by Crippen LogP contribution is -2.16. The summed E-state index contributed by atoms with van der Waals surface area (Å²) in [6.07, 6.45) is 5.03. The van der Waals surface area contributed by atoms with Crippen LogP contribution in [0.5, 0.6) is 5.75 Å². The molecule has 0 bridgehead atoms. The minimum absolute atomic E-state index is 0.138. The van der Waals surface area contributed by atoms with Crippen molar-refractivity contribution in [3.8, 4) is 5.75 Å². The van der Waals surface area contributed by atoms with Gasteiger partial charge < -0.3 is 9.30 Å². The highest BCUT2D eigenvalue weighted by atomic mass is 32.2. The lowest BCUT2D eigenvalue weighted by Gasteiger charge is -2.04. The Bertz CT molecular complexity index is 1140. The predicted octanol–water partition coefficient (Wildman–Crippen LogP) is 4.53. The average Bonchev–Trinajstić information content (AvgIpc) is 3.02. The second kappa shape index (κ2) is 8.75. The van der Waals surface area contributed by atoms with Crippen LogP contribution >= 0.6 is 11.3 Å². The van der Waals surface area contributed by atoms with Gasteiger partial charge in [-0.15, -0.1) is 11.0 Å². The first-order valence-electron chi connectivity index (χ1n) is 9.16. The minimum atomic E-state index is -3.83. The highest BCUT2D eigenvalue weighted by molar-refractivity contribution is 7.90. The molecular weight excluding hydrogens is 392 g/mol. The van der Waals surface area contributed by atoms with E-state index in [0.29, 0.717) is 17.1 Å². The molecule has 148 valence electrons. The summed E-state index contributed by atoms with van der Waals surface area (Å²) in [5.41, 5.74) is 2.22. The van der Waals surface area contributed by atoms with Gasteiger partial charge in [-0.1, -0.05) is 36.8 Å². The smallest absolute Gasteiger partial charge is 0.285 e. The van der Waals surface area contributed by atoms with Crippen LogP contribution in [0.1, 0.15) is 25.3 Å². The van der Waals surface area contributed by atoms with Gasteiger partial charge in [-0.3, -0.25) is 0 Å². The van der Waals surface area contributed by atoms with Gasteiger partial charge in [0.05, 0.1) is 22.2 Å². The van der Waals surface area contributed by atoms with Crippen molar-refractivity contribution in [2.45, 2.75) is 37.6 Å². The number of aryl methyl sites for hydroxylation is 1. The van der Waals surface area contributed by atoms with E-state index in [1.807, 2.05) is 10.6 Å². The lowest BCUT2D eigenvalue weighted by molar-refractivity contribution is 0.414. The van der Waals surface area contributed by atoms with Gasteiger partial charge in [0.15, 0.2) is 0 Å². The van der Waals surface area contributed by atoms with Crippen LogP contribution in [0.3, 0.4) is 0 Å². The number of unbranched alkanes of at least 4 members (excludes halogenated alkanes) is 1. The molecule has 3 aromatic rings. The number of hydrogen-bond acceptors (Lipinski definition) is 4. The van der Waals surface area contributed by atoms with Crippen LogP contribution in [0.15, 0.2) is 64.4 Å². The van der Waals surface area contributed by atoms with Gasteiger partial charge in [0.2, 0.25) is 4.80 Å². The molecule has 2 aromatic carbocycles. The van der Waals surface area contributed by atoms with Crippen LogP contribution in [0.4, 0.5) is 0 Å². The van der Waals surface area contributed by atoms with Gasteiger partial charge in [-0.2, -0.15) is 8.42 Å². The Hall–Kier alpha value is -2.38. The molecule has 0 spiro atoms. The maximum absolute atomic E-state index is 12.8. The number of nitrogens with zero attached hydrogens (tertiary/aromatic N) is 2. The summed E-state index contributed by atoms with van der Waals surface area (Å²) >= 11 is 1.39. The first kappa shape index (κ1) is 20.4. The Morgan fingerprint density at radius 1 is 1.21 bits per heavy atom. The molecule has 28 heavy (non-hydrogen) atoms. The van der Waals surface area contributed by atoms with E-state index in [1.54, 1.807) is 18.2 Å². The zero-order valence-electron chi connectivity index (χ0n) is 16.1. The molecule has 3 rings (SSSR count). The molecule has 0 unspecified atom stereocenters. The summed E-state index contributed by atoms with van der Waals surface area (Å²) in [6.45, 7) is 6.45. The second-order valence-electron chi connectivity index (χ2n) is 6.43. The normalized spacial score (nSPS) is 12.4. The van der Waals surface area contributed by atoms with Crippen LogP contribution in [-0.4, -0.2) is 20.1 Å². The van der Waals surface area contributed by atoms with Gasteiger partial charge in [0.1, 0.15) is 5.75 Å². The van der Waals surface area contributed by atoms with E-state index in [0.717, 1.165) is 29.5 Å². The molecule has 0 aliphatic heterocycles. The van der Waals surface area contributed by atoms with Crippen LogP contribution in [-0.2, 0) is 23.0 Å². The van der Waals surface area contributed by atoms with Crippen LogP contribution in [0, 0.1) is 0 Å². The van der Waals surface area contributed by atoms with Crippen LogP contribution < -0.4 is 9.54 Å². The molecule has 1 heterocycles. The van der Waals surface area contributed by atoms with Crippen molar-refractivity contribution < 1.29 is 13.2 Å². The van der Waals surface area contributed by atoms with Gasteiger partial charge in [0, 0.05) is 6.54 Å². The van der Waals surface area contributed by atoms with Gasteiger partial charge >= 0.3 is 0 Å². The zero-order valence-corrected chi connectivity index (χ0v) is 17.7. The van der Waals surface area contributed by atoms with E-state index in [2.05, 4.69) is 30.0 Å². The van der Waals surface area contributed by atoms with Crippen molar-refractivity contribution >= 4 is 31.6 Å². The van der Waals surface area contributed by atoms with E-state index in [9.17, 15) is 8.42 Å². The number of hydrogen-bond donors (Lipinski definition) is 0. The summed E-state index contributed by atoms with van der Waals surface area (Å²) in [4.78, 5) is 0.581. The first-order chi connectivity index (χ1) is 13.5. The molecule has 1 aromatic heterocycles. The Morgan fingerprint density at radius 2 is 1.96 bits per heavy atom. The molecule has 0 saturated heterocycles. The lowest BCUT2D eigenvalue weighted by atomic mass is 10.1. The molecule has 0 radical (unpaired) electrons. The van der Waals surface area contributed by atoms with E-state index in [4.69, 9.17) is 4.74 Å². The first-order valence-corrected chi connectivity index (χ1v) is 11.4. The number of allylic oxidation sites excluding steroid dienone is 1. The number of aromatic nitrogens is 1. The third-order valence-corrected chi connectivity index (χ3v) is 6.87. The molecule has 7 heteroatoms. The third-order valence-electron chi connectivity index (χ3n) is 4.43. The van der Waals surface area contributed by atoms with Gasteiger partial charge in [-0.25, -0.2) is 0 Å². The quantitative estimate of drug-likeness (QED) is 0.507. The number of fused-ring (bicyclic) bond motifs is 1. The zero-order chi connectivity index (χ0) is 20.1. The number of rotatable bonds is 8. The van der Waals surface area contributed by atoms with E-state index in [-0.39, 0.29) is 4.90 Å². The Morgan fingerprint density at radius 3 is 2.61 bits per heavy atom. The van der Waals surface area contributed by atoms with Crippen molar-refractivity contribution in [2.75, 3.05) is 7.11 Å². The standard InChI is InChI=1S/C21H24N2O3S2/c1-4-6-7-16-8-13-19-20(15-16)27-21(23(19)14-5-2)22-28(24,25)18-11-9-17(26-3)10-12-18/h5,8-13,15H,2,4,6-7,14H2,1,3H3/b22-21-. The largest absolute Gasteiger partial charge is 0.497 e. The highest BCUT2D eigenvalue weighted by Crippen LogP contribution is 2.22. The molecule has 0 aliphatic rings. The fraction of sp³-hybridized carbons (Fsp3) is 0.286. The minimum Gasteiger partial charge on any atom is -0.497 e. The number of benzene rings is 2. The predicted molar refractivity (Wildman–Crippen MR) is 114 cm³/mol. The molecule has 0 amide bonds. The topological polar surface area (TPSA) is 60.7 Å². The van der Waals surface area contributed by atoms with Crippen LogP contribution in [0.25, 0.3) is 10.2 Å². The number of ether oxygens (including phenoxy) is 1. The molecule has 0 atom stereocenters.